The number of amidine groups is 1. The van der Waals surface area contributed by atoms with Crippen LogP contribution in [0.5, 0.6) is 0 Å². The molecule has 9 heteroatoms. The molecule has 1 aliphatic carbocycles. The monoisotopic (exact) mass is 500 g/mol. The maximum absolute atomic E-state index is 13.1. The van der Waals surface area contributed by atoms with Gasteiger partial charge in [0.15, 0.2) is 0 Å². The number of rotatable bonds is 5. The lowest BCUT2D eigenvalue weighted by Gasteiger charge is -2.34. The molecule has 1 aromatic rings. The normalized spacial score (nSPS) is 25.0. The Morgan fingerprint density at radius 3 is 2.31 bits per heavy atom. The third-order valence-electron chi connectivity index (χ3n) is 7.80. The summed E-state index contributed by atoms with van der Waals surface area (Å²) in [6, 6.07) is 3.51. The molecule has 1 spiro atoms. The van der Waals surface area contributed by atoms with Crippen LogP contribution in [0.2, 0.25) is 0 Å². The lowest BCUT2D eigenvalue weighted by molar-refractivity contribution is -0.125. The van der Waals surface area contributed by atoms with E-state index in [9.17, 15) is 18.0 Å². The van der Waals surface area contributed by atoms with Crippen molar-refractivity contribution in [2.24, 2.45) is 16.8 Å². The first kappa shape index (κ1) is 25.6. The zero-order chi connectivity index (χ0) is 25.4. The minimum Gasteiger partial charge on any atom is -0.355 e. The van der Waals surface area contributed by atoms with Gasteiger partial charge in [0.1, 0.15) is 11.4 Å². The Hall–Kier alpha value is -2.52. The number of carbonyl (C=O) groups is 2. The molecule has 2 heterocycles. The molecule has 0 bridgehead atoms. The summed E-state index contributed by atoms with van der Waals surface area (Å²) in [6.45, 7) is 6.49. The van der Waals surface area contributed by atoms with E-state index in [0.29, 0.717) is 24.3 Å². The number of nitrogens with one attached hydrogen (secondary N) is 2. The lowest BCUT2D eigenvalue weighted by atomic mass is 9.82. The molecule has 0 unspecified atom stereocenters. The van der Waals surface area contributed by atoms with Gasteiger partial charge in [-0.05, 0) is 80.3 Å². The Labute approximate surface area is 208 Å². The Morgan fingerprint density at radius 1 is 1.14 bits per heavy atom. The molecule has 1 saturated heterocycles. The van der Waals surface area contributed by atoms with Crippen molar-refractivity contribution < 1.29 is 18.0 Å². The molecule has 2 aliphatic heterocycles. The standard InChI is InChI=1S/C26H36N4O4S/c1-17-5-7-20(8-6-17)23-28-25(32)26(29-23)10-12-30(13-11-26)35(33,34)14-9-22-18(2)15-21(16-19(22)3)24(31)27-4/h9,14-17,20H,5-8,10-13H2,1-4H3,(H,27,31)(H,28,29,32). The summed E-state index contributed by atoms with van der Waals surface area (Å²) in [6.07, 6.45) is 6.77. The first-order valence-electron chi connectivity index (χ1n) is 12.5. The first-order chi connectivity index (χ1) is 16.5. The van der Waals surface area contributed by atoms with E-state index in [1.165, 1.54) is 9.71 Å². The van der Waals surface area contributed by atoms with Crippen LogP contribution in [0.3, 0.4) is 0 Å². The molecular weight excluding hydrogens is 464 g/mol. The molecule has 1 saturated carbocycles. The minimum absolute atomic E-state index is 0.0823. The Morgan fingerprint density at radius 2 is 1.74 bits per heavy atom. The van der Waals surface area contributed by atoms with Crippen molar-refractivity contribution in [3.63, 3.8) is 0 Å². The predicted molar refractivity (Wildman–Crippen MR) is 137 cm³/mol. The van der Waals surface area contributed by atoms with Crippen molar-refractivity contribution in [2.75, 3.05) is 20.1 Å². The molecule has 4 rings (SSSR count). The molecule has 2 amide bonds. The second kappa shape index (κ2) is 9.85. The number of sulfonamides is 1. The van der Waals surface area contributed by atoms with Crippen molar-refractivity contribution >= 4 is 33.7 Å². The van der Waals surface area contributed by atoms with Crippen LogP contribution < -0.4 is 10.6 Å². The summed E-state index contributed by atoms with van der Waals surface area (Å²) in [4.78, 5) is 29.7. The van der Waals surface area contributed by atoms with E-state index in [2.05, 4.69) is 17.6 Å². The summed E-state index contributed by atoms with van der Waals surface area (Å²) in [5, 5.41) is 6.86. The van der Waals surface area contributed by atoms with Crippen LogP contribution in [0.15, 0.2) is 22.5 Å². The average molecular weight is 501 g/mol. The third-order valence-corrected chi connectivity index (χ3v) is 9.37. The quantitative estimate of drug-likeness (QED) is 0.647. The van der Waals surface area contributed by atoms with E-state index < -0.39 is 15.6 Å². The highest BCUT2D eigenvalue weighted by Crippen LogP contribution is 2.36. The summed E-state index contributed by atoms with van der Waals surface area (Å²) in [5.41, 5.74) is 2.14. The van der Waals surface area contributed by atoms with Crippen LogP contribution >= 0.6 is 0 Å². The van der Waals surface area contributed by atoms with Gasteiger partial charge in [-0.1, -0.05) is 19.8 Å². The smallest absolute Gasteiger partial charge is 0.253 e. The molecule has 1 aromatic carbocycles. The van der Waals surface area contributed by atoms with Gasteiger partial charge in [-0.15, -0.1) is 0 Å². The number of benzene rings is 1. The van der Waals surface area contributed by atoms with Crippen LogP contribution in [0.1, 0.15) is 72.5 Å². The van der Waals surface area contributed by atoms with E-state index in [4.69, 9.17) is 4.99 Å². The van der Waals surface area contributed by atoms with Crippen molar-refractivity contribution in [3.8, 4) is 0 Å². The van der Waals surface area contributed by atoms with Crippen molar-refractivity contribution in [1.82, 2.24) is 14.9 Å². The Kier molecular flexibility index (Phi) is 7.20. The first-order valence-corrected chi connectivity index (χ1v) is 14.0. The molecule has 190 valence electrons. The van der Waals surface area contributed by atoms with Gasteiger partial charge in [0.05, 0.1) is 0 Å². The lowest BCUT2D eigenvalue weighted by Crippen LogP contribution is -2.50. The predicted octanol–water partition coefficient (Wildman–Crippen LogP) is 3.15. The highest BCUT2D eigenvalue weighted by atomic mass is 32.2. The van der Waals surface area contributed by atoms with Crippen LogP contribution in [0, 0.1) is 25.7 Å². The van der Waals surface area contributed by atoms with Crippen molar-refractivity contribution in [2.45, 2.75) is 64.8 Å². The number of piperidine rings is 1. The van der Waals surface area contributed by atoms with Gasteiger partial charge >= 0.3 is 0 Å². The second-order valence-corrected chi connectivity index (χ2v) is 12.1. The molecule has 0 aromatic heterocycles. The summed E-state index contributed by atoms with van der Waals surface area (Å²) >= 11 is 0. The molecule has 35 heavy (non-hydrogen) atoms. The van der Waals surface area contributed by atoms with Crippen molar-refractivity contribution in [3.05, 3.63) is 39.8 Å². The third kappa shape index (κ3) is 5.21. The number of hydrogen-bond donors (Lipinski definition) is 2. The SMILES string of the molecule is CNC(=O)c1cc(C)c(C=CS(=O)(=O)N2CCC3(CC2)N=C(C2CCC(C)CC2)NC3=O)c(C)c1. The molecule has 2 fully saturated rings. The molecule has 3 aliphatic rings. The maximum Gasteiger partial charge on any atom is 0.253 e. The Balaban J connectivity index is 1.44. The van der Waals surface area contributed by atoms with Crippen LogP contribution in [-0.4, -0.2) is 56.0 Å². The van der Waals surface area contributed by atoms with Gasteiger partial charge in [-0.25, -0.2) is 8.42 Å². The highest BCUT2D eigenvalue weighted by molar-refractivity contribution is 7.92. The summed E-state index contributed by atoms with van der Waals surface area (Å²) < 4.78 is 27.6. The van der Waals surface area contributed by atoms with E-state index in [1.54, 1.807) is 25.3 Å². The molecule has 2 N–H and O–H groups in total. The van der Waals surface area contributed by atoms with E-state index in [1.807, 2.05) is 13.8 Å². The number of nitrogens with zero attached hydrogens (tertiary/aromatic N) is 2. The van der Waals surface area contributed by atoms with Crippen LogP contribution in [0.25, 0.3) is 6.08 Å². The van der Waals surface area contributed by atoms with Crippen molar-refractivity contribution in [1.29, 1.82) is 0 Å². The average Bonchev–Trinajstić information content (AvgIpc) is 3.13. The van der Waals surface area contributed by atoms with Gasteiger partial charge in [0.2, 0.25) is 10.0 Å². The summed E-state index contributed by atoms with van der Waals surface area (Å²) in [5.74, 6) is 1.58. The van der Waals surface area contributed by atoms with Gasteiger partial charge < -0.3 is 10.6 Å². The Bertz CT molecular complexity index is 1150. The van der Waals surface area contributed by atoms with E-state index in [-0.39, 0.29) is 24.9 Å². The number of aryl methyl sites for hydroxylation is 2. The van der Waals surface area contributed by atoms with Gasteiger partial charge in [0, 0.05) is 37.0 Å². The number of hydrogen-bond acceptors (Lipinski definition) is 5. The number of aliphatic imine (C=N–C) groups is 1. The largest absolute Gasteiger partial charge is 0.355 e. The number of amides is 2. The zero-order valence-electron chi connectivity index (χ0n) is 21.1. The minimum atomic E-state index is -3.66. The van der Waals surface area contributed by atoms with E-state index in [0.717, 1.165) is 54.1 Å². The topological polar surface area (TPSA) is 108 Å². The number of carbonyl (C=O) groups excluding carboxylic acids is 2. The van der Waals surface area contributed by atoms with Gasteiger partial charge in [-0.3, -0.25) is 14.6 Å². The van der Waals surface area contributed by atoms with Gasteiger partial charge in [-0.2, -0.15) is 4.31 Å². The van der Waals surface area contributed by atoms with Crippen LogP contribution in [0.4, 0.5) is 0 Å². The van der Waals surface area contributed by atoms with Crippen LogP contribution in [-0.2, 0) is 14.8 Å². The zero-order valence-corrected chi connectivity index (χ0v) is 21.9. The molecular formula is C26H36N4O4S. The fourth-order valence-corrected chi connectivity index (χ4v) is 6.64. The fourth-order valence-electron chi connectivity index (χ4n) is 5.47. The van der Waals surface area contributed by atoms with E-state index >= 15 is 0 Å². The maximum atomic E-state index is 13.1. The second-order valence-electron chi connectivity index (χ2n) is 10.3. The molecule has 8 nitrogen and oxygen atoms in total. The fraction of sp³-hybridized carbons (Fsp3) is 0.577. The summed E-state index contributed by atoms with van der Waals surface area (Å²) in [7, 11) is -2.08. The molecule has 0 radical (unpaired) electrons. The highest BCUT2D eigenvalue weighted by Gasteiger charge is 2.48. The molecule has 0 atom stereocenters. The van der Waals surface area contributed by atoms with Gasteiger partial charge in [0.25, 0.3) is 11.8 Å².